The molecule has 0 aromatic carbocycles. The quantitative estimate of drug-likeness (QED) is 0.630. The third-order valence-corrected chi connectivity index (χ3v) is 2.18. The normalized spacial score (nSPS) is 36.3. The number of aliphatic hydroxyl groups excluding tert-OH is 1. The molecule has 1 aliphatic rings. The molecule has 3 atom stereocenters. The van der Waals surface area contributed by atoms with E-state index < -0.39 is 0 Å². The zero-order valence-corrected chi connectivity index (χ0v) is 6.71. The van der Waals surface area contributed by atoms with Gasteiger partial charge in [-0.15, -0.1) is 0 Å². The van der Waals surface area contributed by atoms with Crippen LogP contribution >= 0.6 is 0 Å². The highest BCUT2D eigenvalue weighted by atomic mass is 16.5. The van der Waals surface area contributed by atoms with Crippen LogP contribution in [-0.4, -0.2) is 23.9 Å². The third kappa shape index (κ3) is 1.96. The van der Waals surface area contributed by atoms with Crippen molar-refractivity contribution in [3.63, 3.8) is 0 Å². The van der Waals surface area contributed by atoms with Gasteiger partial charge in [-0.05, 0) is 32.6 Å². The predicted octanol–water partition coefficient (Wildman–Crippen LogP) is 1.18. The summed E-state index contributed by atoms with van der Waals surface area (Å²) in [4.78, 5) is 0. The van der Waals surface area contributed by atoms with Crippen LogP contribution in [0.2, 0.25) is 0 Å². The molecule has 2 heteroatoms. The molecule has 2 nitrogen and oxygen atoms in total. The summed E-state index contributed by atoms with van der Waals surface area (Å²) >= 11 is 0. The molecule has 1 heterocycles. The van der Waals surface area contributed by atoms with Crippen LogP contribution in [-0.2, 0) is 4.74 Å². The van der Waals surface area contributed by atoms with Crippen molar-refractivity contribution in [2.75, 3.05) is 6.61 Å². The fourth-order valence-corrected chi connectivity index (χ4v) is 1.52. The van der Waals surface area contributed by atoms with Crippen LogP contribution < -0.4 is 0 Å². The van der Waals surface area contributed by atoms with Crippen LogP contribution in [0, 0.1) is 5.92 Å². The van der Waals surface area contributed by atoms with Crippen molar-refractivity contribution in [2.24, 2.45) is 5.92 Å². The molecule has 0 saturated carbocycles. The molecule has 1 rings (SSSR count). The van der Waals surface area contributed by atoms with E-state index >= 15 is 0 Å². The maximum atomic E-state index is 9.07. The van der Waals surface area contributed by atoms with E-state index in [2.05, 4.69) is 6.92 Å². The lowest BCUT2D eigenvalue weighted by Gasteiger charge is -2.14. The Morgan fingerprint density at radius 3 is 2.80 bits per heavy atom. The van der Waals surface area contributed by atoms with Crippen LogP contribution in [0.15, 0.2) is 0 Å². The van der Waals surface area contributed by atoms with Gasteiger partial charge in [0.05, 0.1) is 12.2 Å². The maximum Gasteiger partial charge on any atom is 0.0576 e. The minimum absolute atomic E-state index is 0.172. The van der Waals surface area contributed by atoms with Crippen molar-refractivity contribution in [3.05, 3.63) is 0 Å². The SMILES string of the molecule is CC(O)CC1CCOC1C. The molecule has 3 unspecified atom stereocenters. The van der Waals surface area contributed by atoms with Gasteiger partial charge in [0.25, 0.3) is 0 Å². The first-order valence-electron chi connectivity index (χ1n) is 4.00. The molecular formula is C8H16O2. The Balaban J connectivity index is 2.26. The highest BCUT2D eigenvalue weighted by Crippen LogP contribution is 2.24. The number of hydrogen-bond donors (Lipinski definition) is 1. The first kappa shape index (κ1) is 8.02. The Hall–Kier alpha value is -0.0800. The Kier molecular flexibility index (Phi) is 2.69. The lowest BCUT2D eigenvalue weighted by atomic mass is 9.96. The van der Waals surface area contributed by atoms with Gasteiger partial charge in [-0.25, -0.2) is 0 Å². The third-order valence-electron chi connectivity index (χ3n) is 2.18. The fraction of sp³-hybridized carbons (Fsp3) is 1.00. The number of aliphatic hydroxyl groups is 1. The van der Waals surface area contributed by atoms with Crippen molar-refractivity contribution >= 4 is 0 Å². The molecule has 0 amide bonds. The van der Waals surface area contributed by atoms with Crippen molar-refractivity contribution in [2.45, 2.75) is 38.9 Å². The van der Waals surface area contributed by atoms with Crippen LogP contribution in [0.4, 0.5) is 0 Å². The van der Waals surface area contributed by atoms with E-state index in [0.29, 0.717) is 12.0 Å². The van der Waals surface area contributed by atoms with Crippen LogP contribution in [0.25, 0.3) is 0 Å². The second-order valence-corrected chi connectivity index (χ2v) is 3.21. The molecule has 0 aromatic rings. The highest BCUT2D eigenvalue weighted by Gasteiger charge is 2.24. The average Bonchev–Trinajstić information content (AvgIpc) is 2.15. The van der Waals surface area contributed by atoms with E-state index in [-0.39, 0.29) is 6.10 Å². The number of rotatable bonds is 2. The summed E-state index contributed by atoms with van der Waals surface area (Å²) in [5, 5.41) is 9.07. The van der Waals surface area contributed by atoms with Crippen molar-refractivity contribution in [1.29, 1.82) is 0 Å². The first-order valence-corrected chi connectivity index (χ1v) is 4.00. The topological polar surface area (TPSA) is 29.5 Å². The van der Waals surface area contributed by atoms with E-state index in [0.717, 1.165) is 19.4 Å². The van der Waals surface area contributed by atoms with Crippen LogP contribution in [0.5, 0.6) is 0 Å². The Morgan fingerprint density at radius 2 is 2.40 bits per heavy atom. The van der Waals surface area contributed by atoms with Gasteiger partial charge in [-0.2, -0.15) is 0 Å². The molecular weight excluding hydrogens is 128 g/mol. The van der Waals surface area contributed by atoms with Crippen LogP contribution in [0.3, 0.4) is 0 Å². The standard InChI is InChI=1S/C8H16O2/c1-6(9)5-8-3-4-10-7(8)2/h6-9H,3-5H2,1-2H3. The van der Waals surface area contributed by atoms with Gasteiger partial charge in [-0.3, -0.25) is 0 Å². The van der Waals surface area contributed by atoms with Gasteiger partial charge in [0.2, 0.25) is 0 Å². The zero-order chi connectivity index (χ0) is 7.56. The molecule has 60 valence electrons. The molecule has 0 aromatic heterocycles. The van der Waals surface area contributed by atoms with Crippen LogP contribution in [0.1, 0.15) is 26.7 Å². The van der Waals surface area contributed by atoms with E-state index in [9.17, 15) is 0 Å². The summed E-state index contributed by atoms with van der Waals surface area (Å²) in [5.74, 6) is 0.583. The summed E-state index contributed by atoms with van der Waals surface area (Å²) in [6.45, 7) is 4.80. The second-order valence-electron chi connectivity index (χ2n) is 3.21. The molecule has 10 heavy (non-hydrogen) atoms. The Bertz CT molecular complexity index is 101. The minimum Gasteiger partial charge on any atom is -0.393 e. The lowest BCUT2D eigenvalue weighted by molar-refractivity contribution is 0.0845. The molecule has 0 bridgehead atoms. The fourth-order valence-electron chi connectivity index (χ4n) is 1.52. The smallest absolute Gasteiger partial charge is 0.0576 e. The van der Waals surface area contributed by atoms with Gasteiger partial charge < -0.3 is 9.84 Å². The number of hydrogen-bond acceptors (Lipinski definition) is 2. The largest absolute Gasteiger partial charge is 0.393 e. The monoisotopic (exact) mass is 144 g/mol. The van der Waals surface area contributed by atoms with Gasteiger partial charge >= 0.3 is 0 Å². The predicted molar refractivity (Wildman–Crippen MR) is 39.8 cm³/mol. The average molecular weight is 144 g/mol. The molecule has 0 radical (unpaired) electrons. The summed E-state index contributed by atoms with van der Waals surface area (Å²) in [5.41, 5.74) is 0. The van der Waals surface area contributed by atoms with E-state index in [1.807, 2.05) is 6.92 Å². The van der Waals surface area contributed by atoms with Gasteiger partial charge in [-0.1, -0.05) is 0 Å². The van der Waals surface area contributed by atoms with Crippen molar-refractivity contribution in [3.8, 4) is 0 Å². The number of ether oxygens (including phenoxy) is 1. The highest BCUT2D eigenvalue weighted by molar-refractivity contribution is 4.73. The van der Waals surface area contributed by atoms with Crippen molar-refractivity contribution < 1.29 is 9.84 Å². The summed E-state index contributed by atoms with van der Waals surface area (Å²) < 4.78 is 5.36. The molecule has 0 aliphatic carbocycles. The lowest BCUT2D eigenvalue weighted by Crippen LogP contribution is -2.16. The van der Waals surface area contributed by atoms with Gasteiger partial charge in [0.15, 0.2) is 0 Å². The van der Waals surface area contributed by atoms with Gasteiger partial charge in [0.1, 0.15) is 0 Å². The van der Waals surface area contributed by atoms with E-state index in [1.165, 1.54) is 0 Å². The summed E-state index contributed by atoms with van der Waals surface area (Å²) in [6, 6.07) is 0. The first-order chi connectivity index (χ1) is 4.70. The molecule has 1 fully saturated rings. The molecule has 0 spiro atoms. The van der Waals surface area contributed by atoms with Crippen molar-refractivity contribution in [1.82, 2.24) is 0 Å². The zero-order valence-electron chi connectivity index (χ0n) is 6.71. The Labute approximate surface area is 62.2 Å². The van der Waals surface area contributed by atoms with E-state index in [1.54, 1.807) is 0 Å². The minimum atomic E-state index is -0.172. The van der Waals surface area contributed by atoms with E-state index in [4.69, 9.17) is 9.84 Å². The Morgan fingerprint density at radius 1 is 1.70 bits per heavy atom. The van der Waals surface area contributed by atoms with Gasteiger partial charge in [0, 0.05) is 6.61 Å². The molecule has 1 aliphatic heterocycles. The molecule has 1 N–H and O–H groups in total. The summed E-state index contributed by atoms with van der Waals surface area (Å²) in [6.07, 6.45) is 2.19. The maximum absolute atomic E-state index is 9.07. The molecule has 1 saturated heterocycles. The second kappa shape index (κ2) is 3.35. The summed E-state index contributed by atoms with van der Waals surface area (Å²) in [7, 11) is 0.